The lowest BCUT2D eigenvalue weighted by Gasteiger charge is -2.26. The molecule has 0 aliphatic carbocycles. The summed E-state index contributed by atoms with van der Waals surface area (Å²) in [5.74, 6) is -1.60. The number of benzene rings is 1. The molecule has 0 unspecified atom stereocenters. The van der Waals surface area contributed by atoms with Gasteiger partial charge in [-0.25, -0.2) is 8.78 Å². The maximum absolute atomic E-state index is 13.2. The number of hydrogen-bond acceptors (Lipinski definition) is 2. The fourth-order valence-corrected chi connectivity index (χ4v) is 2.25. The van der Waals surface area contributed by atoms with Crippen LogP contribution in [0.25, 0.3) is 5.57 Å². The molecule has 100 valence electrons. The number of hydrogen-bond donors (Lipinski definition) is 0. The van der Waals surface area contributed by atoms with Gasteiger partial charge in [0.05, 0.1) is 6.07 Å². The van der Waals surface area contributed by atoms with Crippen molar-refractivity contribution in [3.8, 4) is 6.07 Å². The highest BCUT2D eigenvalue weighted by molar-refractivity contribution is 5.66. The van der Waals surface area contributed by atoms with E-state index in [-0.39, 0.29) is 0 Å². The van der Waals surface area contributed by atoms with Crippen molar-refractivity contribution in [3.05, 3.63) is 41.5 Å². The second-order valence-corrected chi connectivity index (χ2v) is 4.67. The van der Waals surface area contributed by atoms with E-state index in [0.29, 0.717) is 6.42 Å². The van der Waals surface area contributed by atoms with Crippen LogP contribution >= 0.6 is 0 Å². The molecular weight excluding hydrogens is 246 g/mol. The van der Waals surface area contributed by atoms with Crippen LogP contribution in [-0.4, -0.2) is 24.5 Å². The second-order valence-electron chi connectivity index (χ2n) is 4.67. The Morgan fingerprint density at radius 2 is 2.11 bits per heavy atom. The zero-order valence-corrected chi connectivity index (χ0v) is 10.7. The average Bonchev–Trinajstić information content (AvgIpc) is 2.43. The van der Waals surface area contributed by atoms with Crippen LogP contribution in [0.2, 0.25) is 0 Å². The molecule has 19 heavy (non-hydrogen) atoms. The Labute approximate surface area is 112 Å². The lowest BCUT2D eigenvalue weighted by molar-refractivity contribution is 0.299. The Hall–Kier alpha value is -1.73. The summed E-state index contributed by atoms with van der Waals surface area (Å²) in [5.41, 5.74) is 1.83. The van der Waals surface area contributed by atoms with Crippen LogP contribution in [0.3, 0.4) is 0 Å². The van der Waals surface area contributed by atoms with E-state index in [0.717, 1.165) is 43.6 Å². The van der Waals surface area contributed by atoms with E-state index in [1.165, 1.54) is 12.1 Å². The van der Waals surface area contributed by atoms with Gasteiger partial charge in [0, 0.05) is 19.5 Å². The van der Waals surface area contributed by atoms with E-state index in [1.54, 1.807) is 6.07 Å². The van der Waals surface area contributed by atoms with Crippen molar-refractivity contribution in [2.75, 3.05) is 19.6 Å². The Bertz CT molecular complexity index is 517. The van der Waals surface area contributed by atoms with Gasteiger partial charge in [-0.15, -0.1) is 0 Å². The predicted molar refractivity (Wildman–Crippen MR) is 70.2 cm³/mol. The van der Waals surface area contributed by atoms with Gasteiger partial charge in [-0.2, -0.15) is 5.26 Å². The molecule has 1 heterocycles. The van der Waals surface area contributed by atoms with Crippen molar-refractivity contribution in [1.29, 1.82) is 5.26 Å². The molecule has 4 heteroatoms. The van der Waals surface area contributed by atoms with E-state index < -0.39 is 11.6 Å². The van der Waals surface area contributed by atoms with Gasteiger partial charge in [0.2, 0.25) is 0 Å². The van der Waals surface area contributed by atoms with Gasteiger partial charge in [-0.3, -0.25) is 4.90 Å². The quantitative estimate of drug-likeness (QED) is 0.778. The van der Waals surface area contributed by atoms with Gasteiger partial charge in [0.25, 0.3) is 0 Å². The molecule has 0 fully saturated rings. The molecule has 1 aliphatic rings. The molecular formula is C15H16F2N2. The molecule has 1 aromatic rings. The zero-order valence-electron chi connectivity index (χ0n) is 10.7. The first-order chi connectivity index (χ1) is 9.20. The molecule has 0 N–H and O–H groups in total. The van der Waals surface area contributed by atoms with Crippen molar-refractivity contribution < 1.29 is 8.78 Å². The minimum Gasteiger partial charge on any atom is -0.299 e. The third-order valence-electron chi connectivity index (χ3n) is 3.35. The van der Waals surface area contributed by atoms with Crippen LogP contribution in [0.15, 0.2) is 24.3 Å². The largest absolute Gasteiger partial charge is 0.299 e. The smallest absolute Gasteiger partial charge is 0.159 e. The first kappa shape index (κ1) is 13.7. The molecule has 0 amide bonds. The maximum Gasteiger partial charge on any atom is 0.159 e. The van der Waals surface area contributed by atoms with Crippen LogP contribution in [0, 0.1) is 23.0 Å². The van der Waals surface area contributed by atoms with Crippen molar-refractivity contribution in [2.45, 2.75) is 19.3 Å². The monoisotopic (exact) mass is 262 g/mol. The van der Waals surface area contributed by atoms with E-state index in [9.17, 15) is 8.78 Å². The average molecular weight is 262 g/mol. The standard InChI is InChI=1S/C15H16F2N2/c16-14-4-3-13(11-15(14)17)12-5-9-19(10-6-12)8-2-1-7-18/h3-5,11H,1-2,6,8-10H2. The third kappa shape index (κ3) is 3.62. The summed E-state index contributed by atoms with van der Waals surface area (Å²) in [5, 5.41) is 8.49. The normalized spacial score (nSPS) is 15.9. The number of halogens is 2. The molecule has 0 aromatic heterocycles. The summed E-state index contributed by atoms with van der Waals surface area (Å²) in [4.78, 5) is 2.26. The number of rotatable bonds is 4. The third-order valence-corrected chi connectivity index (χ3v) is 3.35. The summed E-state index contributed by atoms with van der Waals surface area (Å²) in [7, 11) is 0. The summed E-state index contributed by atoms with van der Waals surface area (Å²) in [6.07, 6.45) is 4.35. The lowest BCUT2D eigenvalue weighted by atomic mass is 9.99. The Morgan fingerprint density at radius 3 is 2.74 bits per heavy atom. The van der Waals surface area contributed by atoms with E-state index >= 15 is 0 Å². The van der Waals surface area contributed by atoms with E-state index in [4.69, 9.17) is 5.26 Å². The number of unbranched alkanes of at least 4 members (excludes halogenated alkanes) is 1. The van der Waals surface area contributed by atoms with Crippen LogP contribution in [-0.2, 0) is 0 Å². The highest BCUT2D eigenvalue weighted by atomic mass is 19.2. The highest BCUT2D eigenvalue weighted by Crippen LogP contribution is 2.23. The van der Waals surface area contributed by atoms with Crippen LogP contribution in [0.5, 0.6) is 0 Å². The van der Waals surface area contributed by atoms with Gasteiger partial charge < -0.3 is 0 Å². The van der Waals surface area contributed by atoms with Crippen molar-refractivity contribution in [3.63, 3.8) is 0 Å². The molecule has 0 saturated carbocycles. The maximum atomic E-state index is 13.2. The minimum absolute atomic E-state index is 0.580. The molecule has 0 bridgehead atoms. The van der Waals surface area contributed by atoms with E-state index in [1.807, 2.05) is 0 Å². The minimum atomic E-state index is -0.807. The van der Waals surface area contributed by atoms with Crippen LogP contribution < -0.4 is 0 Å². The van der Waals surface area contributed by atoms with Gasteiger partial charge in [-0.05, 0) is 42.7 Å². The zero-order chi connectivity index (χ0) is 13.7. The molecule has 0 spiro atoms. The van der Waals surface area contributed by atoms with E-state index in [2.05, 4.69) is 17.0 Å². The van der Waals surface area contributed by atoms with Gasteiger partial charge in [-0.1, -0.05) is 12.1 Å². The summed E-state index contributed by atoms with van der Waals surface area (Å²) >= 11 is 0. The van der Waals surface area contributed by atoms with Crippen LogP contribution in [0.1, 0.15) is 24.8 Å². The van der Waals surface area contributed by atoms with Gasteiger partial charge >= 0.3 is 0 Å². The summed E-state index contributed by atoms with van der Waals surface area (Å²) in [6.45, 7) is 2.62. The molecule has 0 atom stereocenters. The van der Waals surface area contributed by atoms with Crippen molar-refractivity contribution in [2.24, 2.45) is 0 Å². The van der Waals surface area contributed by atoms with Crippen LogP contribution in [0.4, 0.5) is 8.78 Å². The SMILES string of the molecule is N#CCCCN1CC=C(c2ccc(F)c(F)c2)CC1. The Balaban J connectivity index is 1.96. The first-order valence-corrected chi connectivity index (χ1v) is 6.44. The van der Waals surface area contributed by atoms with Gasteiger partial charge in [0.15, 0.2) is 11.6 Å². The fourth-order valence-electron chi connectivity index (χ4n) is 2.25. The molecule has 0 radical (unpaired) electrons. The molecule has 2 nitrogen and oxygen atoms in total. The topological polar surface area (TPSA) is 27.0 Å². The number of nitrogens with zero attached hydrogens (tertiary/aromatic N) is 2. The summed E-state index contributed by atoms with van der Waals surface area (Å²) in [6, 6.07) is 6.18. The van der Waals surface area contributed by atoms with Crippen molar-refractivity contribution in [1.82, 2.24) is 4.90 Å². The van der Waals surface area contributed by atoms with Crippen molar-refractivity contribution >= 4 is 5.57 Å². The Morgan fingerprint density at radius 1 is 1.26 bits per heavy atom. The summed E-state index contributed by atoms with van der Waals surface area (Å²) < 4.78 is 26.0. The molecule has 1 aliphatic heterocycles. The molecule has 1 aromatic carbocycles. The first-order valence-electron chi connectivity index (χ1n) is 6.44. The predicted octanol–water partition coefficient (Wildman–Crippen LogP) is 3.36. The van der Waals surface area contributed by atoms with Gasteiger partial charge in [0.1, 0.15) is 0 Å². The highest BCUT2D eigenvalue weighted by Gasteiger charge is 2.13. The molecule has 2 rings (SSSR count). The number of nitriles is 1. The lowest BCUT2D eigenvalue weighted by Crippen LogP contribution is -2.29. The second kappa shape index (κ2) is 6.44. The fraction of sp³-hybridized carbons (Fsp3) is 0.400. The molecule has 0 saturated heterocycles. The Kier molecular flexibility index (Phi) is 4.64.